The Bertz CT molecular complexity index is 131. The molecule has 0 aromatic carbocycles. The molecular formula is C5H21N2O5PS. The average molecular weight is 252 g/mol. The second kappa shape index (κ2) is 15.8. The summed E-state index contributed by atoms with van der Waals surface area (Å²) in [6, 6.07) is 0. The van der Waals surface area contributed by atoms with Crippen LogP contribution < -0.4 is 11.5 Å². The van der Waals surface area contributed by atoms with Crippen molar-refractivity contribution in [3.05, 3.63) is 0 Å². The van der Waals surface area contributed by atoms with E-state index in [9.17, 15) is 0 Å². The Kier molecular flexibility index (Phi) is 27.0. The van der Waals surface area contributed by atoms with Crippen molar-refractivity contribution in [2.75, 3.05) is 19.7 Å². The van der Waals surface area contributed by atoms with Crippen LogP contribution in [-0.4, -0.2) is 40.4 Å². The highest BCUT2D eigenvalue weighted by atomic mass is 32.5. The maximum absolute atomic E-state index is 8.28. The topological polar surface area (TPSA) is 165 Å². The first-order chi connectivity index (χ1) is 5.47. The number of hydrogen-bond acceptors (Lipinski definition) is 4. The highest BCUT2D eigenvalue weighted by Gasteiger charge is 2.03. The standard InChI is InChI=1S/C3H10N2.C2H7O3PS.2H2O/c4-2-1-3-5;1-2-5-6(3,4)7;;/h1-5H2;2H2,1H3,(H2,3,4,7);2*1H2. The van der Waals surface area contributed by atoms with E-state index in [1.165, 1.54) is 0 Å². The van der Waals surface area contributed by atoms with Gasteiger partial charge in [-0.3, -0.25) is 0 Å². The lowest BCUT2D eigenvalue weighted by atomic mass is 10.4. The van der Waals surface area contributed by atoms with Crippen LogP contribution in [0.3, 0.4) is 0 Å². The van der Waals surface area contributed by atoms with Gasteiger partial charge in [-0.1, -0.05) is 0 Å². The molecule has 0 fully saturated rings. The van der Waals surface area contributed by atoms with Crippen molar-refractivity contribution in [2.45, 2.75) is 13.3 Å². The molecule has 0 radical (unpaired) electrons. The molecule has 0 unspecified atom stereocenters. The summed E-state index contributed by atoms with van der Waals surface area (Å²) in [5.41, 5.74) is 10.1. The predicted octanol–water partition coefficient (Wildman–Crippen LogP) is -2.12. The van der Waals surface area contributed by atoms with Gasteiger partial charge < -0.3 is 36.7 Å². The van der Waals surface area contributed by atoms with Crippen molar-refractivity contribution in [1.29, 1.82) is 0 Å². The van der Waals surface area contributed by atoms with Crippen molar-refractivity contribution >= 4 is 18.5 Å². The molecule has 7 nitrogen and oxygen atoms in total. The van der Waals surface area contributed by atoms with Crippen molar-refractivity contribution < 1.29 is 25.3 Å². The van der Waals surface area contributed by atoms with E-state index >= 15 is 0 Å². The summed E-state index contributed by atoms with van der Waals surface area (Å²) in [7, 11) is 0. The molecule has 10 N–H and O–H groups in total. The Morgan fingerprint density at radius 1 is 1.21 bits per heavy atom. The number of nitrogens with two attached hydrogens (primary N) is 2. The molecule has 0 saturated carbocycles. The fourth-order valence-electron chi connectivity index (χ4n) is 0.286. The van der Waals surface area contributed by atoms with Crippen molar-refractivity contribution in [1.82, 2.24) is 0 Å². The third-order valence-corrected chi connectivity index (χ3v) is 1.62. The third kappa shape index (κ3) is 39.4. The van der Waals surface area contributed by atoms with Gasteiger partial charge in [-0.2, -0.15) is 0 Å². The SMILES string of the molecule is CCOP(O)(O)=S.NCCCN.O.O. The highest BCUT2D eigenvalue weighted by molar-refractivity contribution is 8.06. The number of rotatable bonds is 4. The average Bonchev–Trinajstić information content (AvgIpc) is 1.87. The van der Waals surface area contributed by atoms with Crippen LogP contribution in [0.15, 0.2) is 0 Å². The Balaban J connectivity index is -0.0000000651. The first kappa shape index (κ1) is 23.9. The van der Waals surface area contributed by atoms with E-state index in [0.29, 0.717) is 0 Å². The first-order valence-corrected chi connectivity index (χ1v) is 6.20. The molecule has 0 spiro atoms. The maximum Gasteiger partial charge on any atom is 0.321 e. The molecule has 0 aromatic heterocycles. The van der Waals surface area contributed by atoms with Crippen LogP contribution in [0.5, 0.6) is 0 Å². The molecule has 0 atom stereocenters. The Labute approximate surface area is 88.9 Å². The lowest BCUT2D eigenvalue weighted by Gasteiger charge is -2.02. The molecule has 0 aliphatic heterocycles. The largest absolute Gasteiger partial charge is 0.412 e. The predicted molar refractivity (Wildman–Crippen MR) is 60.3 cm³/mol. The second-order valence-electron chi connectivity index (χ2n) is 1.84. The Morgan fingerprint density at radius 3 is 1.57 bits per heavy atom. The van der Waals surface area contributed by atoms with Gasteiger partial charge in [0, 0.05) is 0 Å². The number of hydrogen-bond donors (Lipinski definition) is 4. The van der Waals surface area contributed by atoms with E-state index in [0.717, 1.165) is 19.5 Å². The molecule has 0 bridgehead atoms. The fourth-order valence-corrected chi connectivity index (χ4v) is 0.939. The monoisotopic (exact) mass is 252 g/mol. The highest BCUT2D eigenvalue weighted by Crippen LogP contribution is 2.35. The zero-order valence-electron chi connectivity index (χ0n) is 8.14. The normalized spacial score (nSPS) is 8.93. The van der Waals surface area contributed by atoms with Gasteiger partial charge in [0.1, 0.15) is 0 Å². The summed E-state index contributed by atoms with van der Waals surface area (Å²) in [5, 5.41) is 0. The molecule has 0 aliphatic carbocycles. The van der Waals surface area contributed by atoms with Gasteiger partial charge in [-0.25, -0.2) is 0 Å². The van der Waals surface area contributed by atoms with E-state index in [2.05, 4.69) is 16.3 Å². The molecule has 0 saturated heterocycles. The van der Waals surface area contributed by atoms with Crippen LogP contribution in [0, 0.1) is 0 Å². The summed E-state index contributed by atoms with van der Waals surface area (Å²) in [5.74, 6) is 0. The van der Waals surface area contributed by atoms with Gasteiger partial charge in [0.15, 0.2) is 0 Å². The van der Waals surface area contributed by atoms with Crippen LogP contribution in [-0.2, 0) is 16.3 Å². The van der Waals surface area contributed by atoms with Gasteiger partial charge in [-0.15, -0.1) is 0 Å². The second-order valence-corrected chi connectivity index (χ2v) is 4.51. The Morgan fingerprint density at radius 2 is 1.57 bits per heavy atom. The first-order valence-electron chi connectivity index (χ1n) is 3.58. The van der Waals surface area contributed by atoms with E-state index in [1.807, 2.05) is 0 Å². The molecule has 92 valence electrons. The summed E-state index contributed by atoms with van der Waals surface area (Å²) < 4.78 is 4.27. The quantitative estimate of drug-likeness (QED) is 0.417. The van der Waals surface area contributed by atoms with Gasteiger partial charge >= 0.3 is 6.72 Å². The third-order valence-electron chi connectivity index (χ3n) is 0.706. The molecule has 9 heteroatoms. The smallest absolute Gasteiger partial charge is 0.321 e. The van der Waals surface area contributed by atoms with Crippen molar-refractivity contribution in [3.63, 3.8) is 0 Å². The molecule has 0 aromatic rings. The van der Waals surface area contributed by atoms with E-state index in [1.54, 1.807) is 6.92 Å². The lowest BCUT2D eigenvalue weighted by Crippen LogP contribution is -2.06. The molecule has 0 aliphatic rings. The minimum atomic E-state index is -3.33. The maximum atomic E-state index is 8.28. The molecular weight excluding hydrogens is 231 g/mol. The van der Waals surface area contributed by atoms with Crippen LogP contribution in [0.2, 0.25) is 0 Å². The van der Waals surface area contributed by atoms with Gasteiger partial charge in [-0.05, 0) is 38.2 Å². The van der Waals surface area contributed by atoms with Crippen LogP contribution in [0.25, 0.3) is 0 Å². The van der Waals surface area contributed by atoms with Gasteiger partial charge in [0.05, 0.1) is 6.61 Å². The molecule has 0 amide bonds. The van der Waals surface area contributed by atoms with E-state index < -0.39 is 6.72 Å². The lowest BCUT2D eigenvalue weighted by molar-refractivity contribution is 0.265. The zero-order valence-corrected chi connectivity index (χ0v) is 9.85. The summed E-state index contributed by atoms with van der Waals surface area (Å²) >= 11 is 4.08. The minimum absolute atomic E-state index is 0. The van der Waals surface area contributed by atoms with Crippen LogP contribution >= 0.6 is 6.72 Å². The summed E-state index contributed by atoms with van der Waals surface area (Å²) in [6.07, 6.45) is 0.944. The Hall–Kier alpha value is 0.370. The van der Waals surface area contributed by atoms with Crippen LogP contribution in [0.1, 0.15) is 13.3 Å². The van der Waals surface area contributed by atoms with E-state index in [-0.39, 0.29) is 17.6 Å². The zero-order chi connectivity index (χ0) is 10.0. The van der Waals surface area contributed by atoms with Crippen molar-refractivity contribution in [3.8, 4) is 0 Å². The molecule has 0 heterocycles. The van der Waals surface area contributed by atoms with E-state index in [4.69, 9.17) is 21.3 Å². The summed E-state index contributed by atoms with van der Waals surface area (Å²) in [4.78, 5) is 16.6. The van der Waals surface area contributed by atoms with Gasteiger partial charge in [0.25, 0.3) is 0 Å². The molecule has 0 rings (SSSR count). The molecule has 14 heavy (non-hydrogen) atoms. The fraction of sp³-hybridized carbons (Fsp3) is 1.00. The minimum Gasteiger partial charge on any atom is -0.412 e. The van der Waals surface area contributed by atoms with Gasteiger partial charge in [0.2, 0.25) is 0 Å². The van der Waals surface area contributed by atoms with Crippen LogP contribution in [0.4, 0.5) is 0 Å². The summed E-state index contributed by atoms with van der Waals surface area (Å²) in [6.45, 7) is 0.00569. The van der Waals surface area contributed by atoms with Crippen molar-refractivity contribution in [2.24, 2.45) is 11.5 Å².